The first kappa shape index (κ1) is 16.8. The van der Waals surface area contributed by atoms with Crippen molar-refractivity contribution in [3.8, 4) is 0 Å². The van der Waals surface area contributed by atoms with E-state index >= 15 is 0 Å². The van der Waals surface area contributed by atoms with Crippen molar-refractivity contribution in [3.63, 3.8) is 0 Å². The highest BCUT2D eigenvalue weighted by atomic mass is 32.2. The second-order valence-corrected chi connectivity index (χ2v) is 6.75. The molecule has 9 heteroatoms. The van der Waals surface area contributed by atoms with E-state index in [0.717, 1.165) is 18.2 Å². The van der Waals surface area contributed by atoms with Gasteiger partial charge in [0.15, 0.2) is 5.82 Å². The molecule has 6 nitrogen and oxygen atoms in total. The number of sulfonamides is 1. The molecule has 0 aromatic heterocycles. The van der Waals surface area contributed by atoms with Crippen LogP contribution in [0.1, 0.15) is 23.2 Å². The van der Waals surface area contributed by atoms with Crippen molar-refractivity contribution in [3.05, 3.63) is 29.6 Å². The van der Waals surface area contributed by atoms with Crippen LogP contribution in [0.4, 0.5) is 8.78 Å². The summed E-state index contributed by atoms with van der Waals surface area (Å²) in [4.78, 5) is 10.0. The Morgan fingerprint density at radius 3 is 2.59 bits per heavy atom. The highest BCUT2D eigenvalue weighted by molar-refractivity contribution is 7.89. The fourth-order valence-corrected chi connectivity index (χ4v) is 3.31. The molecule has 0 spiro atoms. The topological polar surface area (TPSA) is 92.7 Å². The van der Waals surface area contributed by atoms with E-state index in [1.807, 2.05) is 4.72 Å². The minimum atomic E-state index is -4.35. The third-order valence-electron chi connectivity index (χ3n) is 3.45. The van der Waals surface area contributed by atoms with Crippen LogP contribution in [0, 0.1) is 5.82 Å². The smallest absolute Gasteiger partial charge is 0.338 e. The van der Waals surface area contributed by atoms with Crippen LogP contribution in [-0.4, -0.2) is 44.9 Å². The lowest BCUT2D eigenvalue weighted by molar-refractivity contribution is -0.00523. The fourth-order valence-electron chi connectivity index (χ4n) is 2.10. The number of aromatic carboxylic acids is 1. The summed E-state index contributed by atoms with van der Waals surface area (Å²) >= 11 is 0. The van der Waals surface area contributed by atoms with E-state index in [1.54, 1.807) is 0 Å². The summed E-state index contributed by atoms with van der Waals surface area (Å²) in [6, 6.07) is 2.99. The summed E-state index contributed by atoms with van der Waals surface area (Å²) in [6.07, 6.45) is 0.0698. The molecule has 0 radical (unpaired) electrons. The number of rotatable bonds is 5. The van der Waals surface area contributed by atoms with Crippen LogP contribution in [0.3, 0.4) is 0 Å². The second-order valence-electron chi connectivity index (χ2n) is 5.01. The van der Waals surface area contributed by atoms with Crippen molar-refractivity contribution in [2.75, 3.05) is 19.8 Å². The molecule has 1 aromatic carbocycles. The van der Waals surface area contributed by atoms with Gasteiger partial charge in [-0.3, -0.25) is 0 Å². The molecule has 1 aliphatic heterocycles. The van der Waals surface area contributed by atoms with E-state index < -0.39 is 44.5 Å². The molecule has 122 valence electrons. The van der Waals surface area contributed by atoms with Gasteiger partial charge in [-0.15, -0.1) is 0 Å². The van der Waals surface area contributed by atoms with Gasteiger partial charge in [0, 0.05) is 32.6 Å². The number of carbonyl (C=O) groups is 1. The summed E-state index contributed by atoms with van der Waals surface area (Å²) in [5.74, 6) is -2.96. The molecule has 1 saturated heterocycles. The summed E-state index contributed by atoms with van der Waals surface area (Å²) in [6.45, 7) is -0.155. The van der Waals surface area contributed by atoms with Gasteiger partial charge in [0.2, 0.25) is 10.0 Å². The number of ether oxygens (including phenoxy) is 1. The highest BCUT2D eigenvalue weighted by Crippen LogP contribution is 2.25. The molecule has 0 unspecified atom stereocenters. The fraction of sp³-hybridized carbons (Fsp3) is 0.462. The van der Waals surface area contributed by atoms with Gasteiger partial charge < -0.3 is 9.84 Å². The zero-order chi connectivity index (χ0) is 16.4. The first-order chi connectivity index (χ1) is 10.3. The van der Waals surface area contributed by atoms with Crippen molar-refractivity contribution in [2.24, 2.45) is 0 Å². The Labute approximate surface area is 126 Å². The van der Waals surface area contributed by atoms with E-state index in [4.69, 9.17) is 9.84 Å². The van der Waals surface area contributed by atoms with Crippen molar-refractivity contribution < 1.29 is 31.8 Å². The van der Waals surface area contributed by atoms with Gasteiger partial charge in [0.25, 0.3) is 0 Å². The number of hydrogen-bond donors (Lipinski definition) is 2. The number of carboxylic acid groups (broad SMARTS) is 1. The highest BCUT2D eigenvalue weighted by Gasteiger charge is 2.34. The van der Waals surface area contributed by atoms with E-state index in [2.05, 4.69) is 0 Å². The summed E-state index contributed by atoms with van der Waals surface area (Å²) < 4.78 is 59.4. The van der Waals surface area contributed by atoms with Gasteiger partial charge in [-0.2, -0.15) is 0 Å². The Hall–Kier alpha value is -1.58. The molecule has 1 fully saturated rings. The zero-order valence-electron chi connectivity index (χ0n) is 11.5. The quantitative estimate of drug-likeness (QED) is 0.847. The monoisotopic (exact) mass is 335 g/mol. The molecule has 0 bridgehead atoms. The Morgan fingerprint density at radius 1 is 1.36 bits per heavy atom. The number of alkyl halides is 1. The van der Waals surface area contributed by atoms with Crippen LogP contribution in [0.2, 0.25) is 0 Å². The average Bonchev–Trinajstić information content (AvgIpc) is 2.46. The van der Waals surface area contributed by atoms with Gasteiger partial charge in [-0.05, 0) is 12.1 Å². The van der Waals surface area contributed by atoms with Crippen LogP contribution >= 0.6 is 0 Å². The molecular formula is C13H15F2NO5S. The lowest BCUT2D eigenvalue weighted by atomic mass is 9.97. The molecule has 0 saturated carbocycles. The second kappa shape index (κ2) is 6.27. The van der Waals surface area contributed by atoms with Gasteiger partial charge in [0.05, 0.1) is 5.56 Å². The van der Waals surface area contributed by atoms with Crippen LogP contribution in [-0.2, 0) is 14.8 Å². The molecule has 22 heavy (non-hydrogen) atoms. The van der Waals surface area contributed by atoms with Gasteiger partial charge in [-0.25, -0.2) is 26.7 Å². The van der Waals surface area contributed by atoms with Crippen molar-refractivity contribution in [1.82, 2.24) is 4.72 Å². The Morgan fingerprint density at radius 2 is 2.00 bits per heavy atom. The number of hydrogen-bond acceptors (Lipinski definition) is 4. The summed E-state index contributed by atoms with van der Waals surface area (Å²) in [7, 11) is -4.35. The van der Waals surface area contributed by atoms with Crippen LogP contribution in [0.5, 0.6) is 0 Å². The zero-order valence-corrected chi connectivity index (χ0v) is 12.3. The molecular weight excluding hydrogens is 320 g/mol. The Bertz CT molecular complexity index is 671. The van der Waals surface area contributed by atoms with E-state index in [-0.39, 0.29) is 26.1 Å². The maximum absolute atomic E-state index is 14.3. The normalized spacial score (nSPS) is 18.1. The number of carboxylic acids is 1. The predicted octanol–water partition coefficient (Wildman–Crippen LogP) is 1.32. The molecule has 0 atom stereocenters. The standard InChI is InChI=1S/C13H15F2NO5S/c14-11-9(12(17)18)2-1-3-10(11)22(19,20)16-8-13(15)4-6-21-7-5-13/h1-3,16H,4-8H2,(H,17,18). The maximum atomic E-state index is 14.3. The minimum absolute atomic E-state index is 0.0349. The molecule has 2 rings (SSSR count). The minimum Gasteiger partial charge on any atom is -0.478 e. The largest absolute Gasteiger partial charge is 0.478 e. The predicted molar refractivity (Wildman–Crippen MR) is 72.4 cm³/mol. The summed E-state index contributed by atoms with van der Waals surface area (Å²) in [5, 5.41) is 8.80. The summed E-state index contributed by atoms with van der Waals surface area (Å²) in [5.41, 5.74) is -2.52. The first-order valence-electron chi connectivity index (χ1n) is 6.53. The van der Waals surface area contributed by atoms with E-state index in [9.17, 15) is 22.0 Å². The van der Waals surface area contributed by atoms with Crippen molar-refractivity contribution in [1.29, 1.82) is 0 Å². The van der Waals surface area contributed by atoms with Gasteiger partial charge in [-0.1, -0.05) is 6.07 Å². The van der Waals surface area contributed by atoms with Gasteiger partial charge >= 0.3 is 5.97 Å². The molecule has 0 aliphatic carbocycles. The third-order valence-corrected chi connectivity index (χ3v) is 4.87. The molecule has 0 amide bonds. The third kappa shape index (κ3) is 3.60. The molecule has 1 heterocycles. The lowest BCUT2D eigenvalue weighted by Crippen LogP contribution is -2.43. The maximum Gasteiger partial charge on any atom is 0.338 e. The SMILES string of the molecule is O=C(O)c1cccc(S(=O)(=O)NCC2(F)CCOCC2)c1F. The van der Waals surface area contributed by atoms with Crippen LogP contribution in [0.15, 0.2) is 23.1 Å². The van der Waals surface area contributed by atoms with Crippen LogP contribution in [0.25, 0.3) is 0 Å². The van der Waals surface area contributed by atoms with Crippen molar-refractivity contribution >= 4 is 16.0 Å². The van der Waals surface area contributed by atoms with E-state index in [1.165, 1.54) is 0 Å². The number of halogens is 2. The van der Waals surface area contributed by atoms with Crippen LogP contribution < -0.4 is 4.72 Å². The lowest BCUT2D eigenvalue weighted by Gasteiger charge is -2.29. The Balaban J connectivity index is 2.20. The van der Waals surface area contributed by atoms with Gasteiger partial charge in [0.1, 0.15) is 10.6 Å². The average molecular weight is 335 g/mol. The molecule has 1 aromatic rings. The molecule has 1 aliphatic rings. The van der Waals surface area contributed by atoms with Crippen molar-refractivity contribution in [2.45, 2.75) is 23.4 Å². The Kier molecular flexibility index (Phi) is 4.78. The molecule has 2 N–H and O–H groups in total. The first-order valence-corrected chi connectivity index (χ1v) is 8.02. The number of benzene rings is 1. The number of nitrogens with one attached hydrogen (secondary N) is 1. The van der Waals surface area contributed by atoms with E-state index in [0.29, 0.717) is 0 Å².